The number of halogens is 1. The van der Waals surface area contributed by atoms with Gasteiger partial charge < -0.3 is 14.6 Å². The Labute approximate surface area is 118 Å². The third-order valence-corrected chi connectivity index (χ3v) is 4.27. The van der Waals surface area contributed by atoms with Gasteiger partial charge in [0.1, 0.15) is 5.69 Å². The Bertz CT molecular complexity index is 490. The number of carbonyl (C=O) groups excluding carboxylic acids is 1. The Morgan fingerprint density at radius 2 is 2.21 bits per heavy atom. The van der Waals surface area contributed by atoms with E-state index in [2.05, 4.69) is 0 Å². The van der Waals surface area contributed by atoms with Crippen LogP contribution in [0.4, 0.5) is 0 Å². The fraction of sp³-hybridized carbons (Fsp3) is 0.643. The molecule has 1 aromatic heterocycles. The molecule has 0 aliphatic heterocycles. The molecule has 1 aromatic rings. The van der Waals surface area contributed by atoms with Crippen molar-refractivity contribution in [2.75, 3.05) is 13.6 Å². The fourth-order valence-electron chi connectivity index (χ4n) is 2.79. The molecule has 4 nitrogen and oxygen atoms in total. The van der Waals surface area contributed by atoms with Crippen LogP contribution < -0.4 is 0 Å². The number of amides is 1. The highest BCUT2D eigenvalue weighted by atomic mass is 35.5. The van der Waals surface area contributed by atoms with Crippen LogP contribution in [-0.4, -0.2) is 40.2 Å². The minimum atomic E-state index is -0.168. The van der Waals surface area contributed by atoms with Gasteiger partial charge in [0.25, 0.3) is 5.91 Å². The summed E-state index contributed by atoms with van der Waals surface area (Å²) in [7, 11) is 1.82. The molecule has 0 unspecified atom stereocenters. The Balaban J connectivity index is 1.68. The first kappa shape index (κ1) is 13.0. The SMILES string of the molecule is CN(CC1CC(O)C1)C(=O)c1cc(Cl)cn1C1CC1. The smallest absolute Gasteiger partial charge is 0.270 e. The molecular weight excluding hydrogens is 264 g/mol. The third-order valence-electron chi connectivity index (χ3n) is 4.06. The van der Waals surface area contributed by atoms with Crippen molar-refractivity contribution in [2.45, 2.75) is 37.8 Å². The number of aliphatic hydroxyl groups excluding tert-OH is 1. The third kappa shape index (κ3) is 2.65. The van der Waals surface area contributed by atoms with Crippen molar-refractivity contribution in [3.05, 3.63) is 23.0 Å². The lowest BCUT2D eigenvalue weighted by molar-refractivity contribution is 0.0263. The standard InChI is InChI=1S/C14H19ClN2O2/c1-16(7-9-4-12(18)5-9)14(19)13-6-10(15)8-17(13)11-2-3-11/h6,8-9,11-12,18H,2-5,7H2,1H3. The highest BCUT2D eigenvalue weighted by Crippen LogP contribution is 2.37. The molecule has 2 fully saturated rings. The number of hydrogen-bond acceptors (Lipinski definition) is 2. The molecule has 0 radical (unpaired) electrons. The molecule has 0 saturated heterocycles. The summed E-state index contributed by atoms with van der Waals surface area (Å²) in [6.07, 6.45) is 5.56. The van der Waals surface area contributed by atoms with Gasteiger partial charge in [0.2, 0.25) is 0 Å². The van der Waals surface area contributed by atoms with Crippen molar-refractivity contribution in [3.8, 4) is 0 Å². The molecule has 5 heteroatoms. The second kappa shape index (κ2) is 4.84. The van der Waals surface area contributed by atoms with Gasteiger partial charge in [-0.15, -0.1) is 0 Å². The first-order valence-electron chi connectivity index (χ1n) is 6.85. The van der Waals surface area contributed by atoms with Gasteiger partial charge >= 0.3 is 0 Å². The van der Waals surface area contributed by atoms with E-state index in [-0.39, 0.29) is 12.0 Å². The lowest BCUT2D eigenvalue weighted by Crippen LogP contribution is -2.40. The first-order chi connectivity index (χ1) is 9.04. The van der Waals surface area contributed by atoms with Gasteiger partial charge in [0.15, 0.2) is 0 Å². The molecule has 0 atom stereocenters. The summed E-state index contributed by atoms with van der Waals surface area (Å²) in [5.41, 5.74) is 0.690. The van der Waals surface area contributed by atoms with Gasteiger partial charge in [-0.25, -0.2) is 0 Å². The molecule has 104 valence electrons. The van der Waals surface area contributed by atoms with Crippen LogP contribution in [0.15, 0.2) is 12.3 Å². The van der Waals surface area contributed by atoms with Crippen LogP contribution >= 0.6 is 11.6 Å². The number of carbonyl (C=O) groups is 1. The number of aliphatic hydroxyl groups is 1. The predicted octanol–water partition coefficient (Wildman–Crippen LogP) is 2.32. The zero-order valence-electron chi connectivity index (χ0n) is 11.1. The van der Waals surface area contributed by atoms with E-state index in [9.17, 15) is 9.90 Å². The zero-order chi connectivity index (χ0) is 13.6. The Morgan fingerprint density at radius 3 is 2.79 bits per heavy atom. The maximum Gasteiger partial charge on any atom is 0.270 e. The quantitative estimate of drug-likeness (QED) is 0.921. The number of nitrogens with zero attached hydrogens (tertiary/aromatic N) is 2. The molecule has 2 saturated carbocycles. The van der Waals surface area contributed by atoms with E-state index in [0.717, 1.165) is 25.7 Å². The van der Waals surface area contributed by atoms with Crippen LogP contribution in [-0.2, 0) is 0 Å². The summed E-state index contributed by atoms with van der Waals surface area (Å²) in [6.45, 7) is 0.712. The lowest BCUT2D eigenvalue weighted by Gasteiger charge is -2.34. The van der Waals surface area contributed by atoms with Gasteiger partial charge in [-0.3, -0.25) is 4.79 Å². The Hall–Kier alpha value is -1.00. The van der Waals surface area contributed by atoms with Crippen LogP contribution in [0.1, 0.15) is 42.2 Å². The highest BCUT2D eigenvalue weighted by Gasteiger charge is 2.32. The maximum absolute atomic E-state index is 12.5. The number of aromatic nitrogens is 1. The monoisotopic (exact) mass is 282 g/mol. The zero-order valence-corrected chi connectivity index (χ0v) is 11.8. The van der Waals surface area contributed by atoms with Gasteiger partial charge in [-0.2, -0.15) is 0 Å². The summed E-state index contributed by atoms with van der Waals surface area (Å²) in [5.74, 6) is 0.462. The molecule has 2 aliphatic rings. The van der Waals surface area contributed by atoms with Crippen molar-refractivity contribution in [1.82, 2.24) is 9.47 Å². The van der Waals surface area contributed by atoms with Gasteiger partial charge in [0.05, 0.1) is 11.1 Å². The van der Waals surface area contributed by atoms with E-state index in [1.807, 2.05) is 17.8 Å². The van der Waals surface area contributed by atoms with E-state index < -0.39 is 0 Å². The summed E-state index contributed by atoms with van der Waals surface area (Å²) in [4.78, 5) is 14.2. The van der Waals surface area contributed by atoms with Crippen LogP contribution in [0.5, 0.6) is 0 Å². The van der Waals surface area contributed by atoms with Gasteiger partial charge in [0, 0.05) is 25.8 Å². The number of hydrogen-bond donors (Lipinski definition) is 1. The van der Waals surface area contributed by atoms with Crippen LogP contribution in [0, 0.1) is 5.92 Å². The van der Waals surface area contributed by atoms with Gasteiger partial charge in [-0.1, -0.05) is 11.6 Å². The maximum atomic E-state index is 12.5. The normalized spacial score (nSPS) is 26.1. The molecule has 1 heterocycles. The van der Waals surface area contributed by atoms with Gasteiger partial charge in [-0.05, 0) is 37.7 Å². The van der Waals surface area contributed by atoms with Crippen molar-refractivity contribution in [3.63, 3.8) is 0 Å². The lowest BCUT2D eigenvalue weighted by atomic mass is 9.82. The summed E-state index contributed by atoms with van der Waals surface area (Å²) in [6, 6.07) is 2.21. The van der Waals surface area contributed by atoms with Crippen molar-refractivity contribution in [1.29, 1.82) is 0 Å². The molecule has 3 rings (SSSR count). The molecule has 1 amide bonds. The Kier molecular flexibility index (Phi) is 3.31. The molecule has 19 heavy (non-hydrogen) atoms. The molecule has 0 spiro atoms. The second-order valence-corrected chi connectivity index (χ2v) is 6.30. The largest absolute Gasteiger partial charge is 0.393 e. The molecule has 1 N–H and O–H groups in total. The van der Waals surface area contributed by atoms with E-state index >= 15 is 0 Å². The average molecular weight is 283 g/mol. The van der Waals surface area contributed by atoms with Crippen LogP contribution in [0.25, 0.3) is 0 Å². The molecule has 0 aromatic carbocycles. The van der Waals surface area contributed by atoms with Crippen LogP contribution in [0.3, 0.4) is 0 Å². The highest BCUT2D eigenvalue weighted by molar-refractivity contribution is 6.31. The topological polar surface area (TPSA) is 45.5 Å². The van der Waals surface area contributed by atoms with Crippen molar-refractivity contribution >= 4 is 17.5 Å². The van der Waals surface area contributed by atoms with E-state index in [4.69, 9.17) is 11.6 Å². The second-order valence-electron chi connectivity index (χ2n) is 5.86. The first-order valence-corrected chi connectivity index (χ1v) is 7.23. The molecular formula is C14H19ClN2O2. The van der Waals surface area contributed by atoms with Crippen molar-refractivity contribution < 1.29 is 9.90 Å². The summed E-state index contributed by atoms with van der Waals surface area (Å²) < 4.78 is 2.01. The van der Waals surface area contributed by atoms with Crippen LogP contribution in [0.2, 0.25) is 5.02 Å². The molecule has 2 aliphatic carbocycles. The van der Waals surface area contributed by atoms with E-state index in [1.165, 1.54) is 0 Å². The average Bonchev–Trinajstić information content (AvgIpc) is 3.09. The summed E-state index contributed by atoms with van der Waals surface area (Å²) >= 11 is 6.02. The number of rotatable bonds is 4. The minimum Gasteiger partial charge on any atom is -0.393 e. The predicted molar refractivity (Wildman–Crippen MR) is 73.4 cm³/mol. The molecule has 0 bridgehead atoms. The van der Waals surface area contributed by atoms with E-state index in [1.54, 1.807) is 11.0 Å². The fourth-order valence-corrected chi connectivity index (χ4v) is 3.00. The van der Waals surface area contributed by atoms with Crippen molar-refractivity contribution in [2.24, 2.45) is 5.92 Å². The minimum absolute atomic E-state index is 0.0280. The van der Waals surface area contributed by atoms with E-state index in [0.29, 0.717) is 29.2 Å². The Morgan fingerprint density at radius 1 is 1.53 bits per heavy atom. The summed E-state index contributed by atoms with van der Waals surface area (Å²) in [5, 5.41) is 9.92.